The Bertz CT molecular complexity index is 435. The SMILES string of the molecule is CC(=O)c1cc(OC(F)F)cc(N)c1C(F)F. The molecule has 1 rings (SSSR count). The fourth-order valence-corrected chi connectivity index (χ4v) is 1.35. The van der Waals surface area contributed by atoms with E-state index in [4.69, 9.17) is 5.73 Å². The lowest BCUT2D eigenvalue weighted by molar-refractivity contribution is -0.0498. The predicted octanol–water partition coefficient (Wildman–Crippen LogP) is 3.01. The number of carbonyl (C=O) groups excluding carboxylic acids is 1. The van der Waals surface area contributed by atoms with Crippen molar-refractivity contribution in [1.82, 2.24) is 0 Å². The summed E-state index contributed by atoms with van der Waals surface area (Å²) >= 11 is 0. The van der Waals surface area contributed by atoms with Gasteiger partial charge in [-0.1, -0.05) is 0 Å². The number of ketones is 1. The zero-order valence-electron chi connectivity index (χ0n) is 8.72. The van der Waals surface area contributed by atoms with E-state index in [1.165, 1.54) is 0 Å². The van der Waals surface area contributed by atoms with Gasteiger partial charge in [-0.15, -0.1) is 0 Å². The molecule has 0 aliphatic carbocycles. The second kappa shape index (κ2) is 5.03. The molecule has 0 amide bonds. The summed E-state index contributed by atoms with van der Waals surface area (Å²) in [4.78, 5) is 11.1. The second-order valence-electron chi connectivity index (χ2n) is 3.21. The van der Waals surface area contributed by atoms with Crippen molar-refractivity contribution in [1.29, 1.82) is 0 Å². The predicted molar refractivity (Wildman–Crippen MR) is 52.4 cm³/mol. The Morgan fingerprint density at radius 1 is 1.29 bits per heavy atom. The number of ether oxygens (including phenoxy) is 1. The molecule has 17 heavy (non-hydrogen) atoms. The lowest BCUT2D eigenvalue weighted by atomic mass is 10.0. The second-order valence-corrected chi connectivity index (χ2v) is 3.21. The molecule has 0 aliphatic heterocycles. The Kier molecular flexibility index (Phi) is 3.93. The maximum atomic E-state index is 12.6. The quantitative estimate of drug-likeness (QED) is 0.508. The molecule has 0 fully saturated rings. The molecule has 1 aromatic carbocycles. The normalized spacial score (nSPS) is 11.0. The zero-order chi connectivity index (χ0) is 13.2. The monoisotopic (exact) mass is 251 g/mol. The molecule has 0 aromatic heterocycles. The molecule has 0 bridgehead atoms. The number of hydrogen-bond acceptors (Lipinski definition) is 3. The fourth-order valence-electron chi connectivity index (χ4n) is 1.35. The molecule has 1 aromatic rings. The minimum atomic E-state index is -3.12. The summed E-state index contributed by atoms with van der Waals surface area (Å²) in [6, 6.07) is 1.66. The van der Waals surface area contributed by atoms with Crippen molar-refractivity contribution in [2.45, 2.75) is 20.0 Å². The third-order valence-corrected chi connectivity index (χ3v) is 2.01. The molecule has 0 saturated heterocycles. The molecule has 0 saturated carbocycles. The van der Waals surface area contributed by atoms with Gasteiger partial charge >= 0.3 is 6.61 Å². The third-order valence-electron chi connectivity index (χ3n) is 2.01. The number of nitrogens with two attached hydrogens (primary N) is 1. The first-order valence-electron chi connectivity index (χ1n) is 4.50. The van der Waals surface area contributed by atoms with Gasteiger partial charge < -0.3 is 10.5 Å². The van der Waals surface area contributed by atoms with Gasteiger partial charge in [-0.05, 0) is 13.0 Å². The van der Waals surface area contributed by atoms with Gasteiger partial charge in [-0.2, -0.15) is 8.78 Å². The van der Waals surface area contributed by atoms with Crippen molar-refractivity contribution in [2.24, 2.45) is 0 Å². The van der Waals surface area contributed by atoms with Crippen LogP contribution in [0, 0.1) is 0 Å². The van der Waals surface area contributed by atoms with Crippen LogP contribution in [0.2, 0.25) is 0 Å². The van der Waals surface area contributed by atoms with Crippen LogP contribution in [-0.2, 0) is 0 Å². The van der Waals surface area contributed by atoms with Gasteiger partial charge in [0.1, 0.15) is 5.75 Å². The first-order valence-corrected chi connectivity index (χ1v) is 4.50. The summed E-state index contributed by atoms with van der Waals surface area (Å²) in [5, 5.41) is 0. The van der Waals surface area contributed by atoms with Gasteiger partial charge in [-0.3, -0.25) is 4.79 Å². The van der Waals surface area contributed by atoms with Crippen LogP contribution in [0.15, 0.2) is 12.1 Å². The summed E-state index contributed by atoms with van der Waals surface area (Å²) in [7, 11) is 0. The summed E-state index contributed by atoms with van der Waals surface area (Å²) < 4.78 is 53.1. The number of nitrogen functional groups attached to an aromatic ring is 1. The van der Waals surface area contributed by atoms with E-state index in [1.807, 2.05) is 0 Å². The van der Waals surface area contributed by atoms with Crippen LogP contribution in [0.3, 0.4) is 0 Å². The maximum Gasteiger partial charge on any atom is 0.387 e. The number of Topliss-reactive ketones (excluding diaryl/α,β-unsaturated/α-hetero) is 1. The van der Waals surface area contributed by atoms with Crippen molar-refractivity contribution in [3.63, 3.8) is 0 Å². The lowest BCUT2D eigenvalue weighted by Gasteiger charge is -2.12. The first-order chi connectivity index (χ1) is 7.82. The minimum Gasteiger partial charge on any atom is -0.435 e. The van der Waals surface area contributed by atoms with Crippen LogP contribution in [0.5, 0.6) is 5.75 Å². The number of halogens is 4. The van der Waals surface area contributed by atoms with E-state index in [1.54, 1.807) is 0 Å². The highest BCUT2D eigenvalue weighted by Crippen LogP contribution is 2.33. The van der Waals surface area contributed by atoms with Crippen molar-refractivity contribution in [3.8, 4) is 5.75 Å². The topological polar surface area (TPSA) is 52.3 Å². The lowest BCUT2D eigenvalue weighted by Crippen LogP contribution is -2.08. The van der Waals surface area contributed by atoms with Gasteiger partial charge in [0.2, 0.25) is 0 Å². The zero-order valence-corrected chi connectivity index (χ0v) is 8.72. The van der Waals surface area contributed by atoms with Crippen LogP contribution in [-0.4, -0.2) is 12.4 Å². The number of hydrogen-bond donors (Lipinski definition) is 1. The van der Waals surface area contributed by atoms with Gasteiger partial charge in [-0.25, -0.2) is 8.78 Å². The van der Waals surface area contributed by atoms with Crippen molar-refractivity contribution >= 4 is 11.5 Å². The van der Waals surface area contributed by atoms with Gasteiger partial charge in [0.25, 0.3) is 6.43 Å². The molecule has 0 radical (unpaired) electrons. The maximum absolute atomic E-state index is 12.6. The van der Waals surface area contributed by atoms with Crippen LogP contribution in [0.1, 0.15) is 29.3 Å². The summed E-state index contributed by atoms with van der Waals surface area (Å²) in [5.41, 5.74) is 3.74. The number of alkyl halides is 4. The molecule has 3 nitrogen and oxygen atoms in total. The summed E-state index contributed by atoms with van der Waals surface area (Å²) in [6.07, 6.45) is -2.96. The summed E-state index contributed by atoms with van der Waals surface area (Å²) in [5.74, 6) is -1.13. The third kappa shape index (κ3) is 3.08. The van der Waals surface area contributed by atoms with Crippen molar-refractivity contribution < 1.29 is 27.1 Å². The Labute approximate surface area is 94.2 Å². The Morgan fingerprint density at radius 3 is 2.29 bits per heavy atom. The fraction of sp³-hybridized carbons (Fsp3) is 0.300. The van der Waals surface area contributed by atoms with Gasteiger partial charge in [0.05, 0.1) is 5.56 Å². The Morgan fingerprint density at radius 2 is 1.88 bits per heavy atom. The number of carbonyl (C=O) groups is 1. The van der Waals surface area contributed by atoms with Crippen molar-refractivity contribution in [3.05, 3.63) is 23.3 Å². The standard InChI is InChI=1S/C10H9F4NO2/c1-4(16)6-2-5(17-10(13)14)3-7(15)8(6)9(11)12/h2-3,9-10H,15H2,1H3. The van der Waals surface area contributed by atoms with Crippen LogP contribution < -0.4 is 10.5 Å². The smallest absolute Gasteiger partial charge is 0.387 e. The van der Waals surface area contributed by atoms with Crippen LogP contribution in [0.4, 0.5) is 23.2 Å². The molecule has 0 aliphatic rings. The summed E-state index contributed by atoms with van der Waals surface area (Å²) in [6.45, 7) is -2.08. The molecule has 7 heteroatoms. The van der Waals surface area contributed by atoms with E-state index < -0.39 is 41.4 Å². The Hall–Kier alpha value is -1.79. The van der Waals surface area contributed by atoms with Crippen LogP contribution >= 0.6 is 0 Å². The van der Waals surface area contributed by atoms with E-state index in [2.05, 4.69) is 4.74 Å². The average Bonchev–Trinajstić information content (AvgIpc) is 2.14. The molecular weight excluding hydrogens is 242 g/mol. The van der Waals surface area contributed by atoms with E-state index in [-0.39, 0.29) is 0 Å². The number of benzene rings is 1. The highest BCUT2D eigenvalue weighted by molar-refractivity contribution is 5.97. The largest absolute Gasteiger partial charge is 0.435 e. The van der Waals surface area contributed by atoms with E-state index in [0.29, 0.717) is 0 Å². The van der Waals surface area contributed by atoms with E-state index >= 15 is 0 Å². The molecule has 0 atom stereocenters. The average molecular weight is 251 g/mol. The first kappa shape index (κ1) is 13.3. The molecule has 0 heterocycles. The van der Waals surface area contributed by atoms with E-state index in [0.717, 1.165) is 19.1 Å². The molecule has 94 valence electrons. The highest BCUT2D eigenvalue weighted by Gasteiger charge is 2.21. The molecule has 0 spiro atoms. The van der Waals surface area contributed by atoms with Crippen molar-refractivity contribution in [2.75, 3.05) is 5.73 Å². The minimum absolute atomic E-state index is 0.421. The molecular formula is C10H9F4NO2. The molecule has 2 N–H and O–H groups in total. The van der Waals surface area contributed by atoms with E-state index in [9.17, 15) is 22.4 Å². The number of rotatable bonds is 4. The van der Waals surface area contributed by atoms with Crippen LogP contribution in [0.25, 0.3) is 0 Å². The Balaban J connectivity index is 3.31. The molecule has 0 unspecified atom stereocenters. The number of anilines is 1. The van der Waals surface area contributed by atoms with Gasteiger partial charge in [0.15, 0.2) is 5.78 Å². The van der Waals surface area contributed by atoms with Gasteiger partial charge in [0, 0.05) is 17.3 Å². The highest BCUT2D eigenvalue weighted by atomic mass is 19.3.